The summed E-state index contributed by atoms with van der Waals surface area (Å²) in [5.74, 6) is -0.525. The largest absolute Gasteiger partial charge is 0.477 e. The van der Waals surface area contributed by atoms with E-state index in [4.69, 9.17) is 4.74 Å². The zero-order valence-corrected chi connectivity index (χ0v) is 12.0. The van der Waals surface area contributed by atoms with Crippen molar-refractivity contribution < 1.29 is 14.6 Å². The summed E-state index contributed by atoms with van der Waals surface area (Å²) in [4.78, 5) is 16.2. The molecule has 2 rings (SSSR count). The van der Waals surface area contributed by atoms with Crippen LogP contribution in [0.25, 0.3) is 0 Å². The van der Waals surface area contributed by atoms with Gasteiger partial charge in [0.05, 0.1) is 5.69 Å². The number of ether oxygens (including phenoxy) is 1. The maximum absolute atomic E-state index is 11.3. The van der Waals surface area contributed by atoms with Gasteiger partial charge in [-0.1, -0.05) is 20.8 Å². The van der Waals surface area contributed by atoms with Crippen LogP contribution in [-0.4, -0.2) is 23.2 Å². The van der Waals surface area contributed by atoms with E-state index >= 15 is 0 Å². The van der Waals surface area contributed by atoms with Crippen LogP contribution < -0.4 is 0 Å². The van der Waals surface area contributed by atoms with Gasteiger partial charge in [0, 0.05) is 13.0 Å². The van der Waals surface area contributed by atoms with Crippen LogP contribution in [-0.2, 0) is 4.74 Å². The van der Waals surface area contributed by atoms with E-state index in [0.29, 0.717) is 10.8 Å². The Hall–Kier alpha value is -0.940. The number of hydrogen-bond donors (Lipinski definition) is 1. The van der Waals surface area contributed by atoms with Crippen molar-refractivity contribution in [1.82, 2.24) is 4.98 Å². The second kappa shape index (κ2) is 4.63. The molecule has 0 aliphatic heterocycles. The fraction of sp³-hybridized carbons (Fsp3) is 0.692. The molecule has 0 aromatic carbocycles. The highest BCUT2D eigenvalue weighted by Gasteiger charge is 2.36. The maximum atomic E-state index is 11.3. The summed E-state index contributed by atoms with van der Waals surface area (Å²) in [6, 6.07) is 0. The number of carboxylic acids is 1. The van der Waals surface area contributed by atoms with Crippen LogP contribution in [0.3, 0.4) is 0 Å². The second-order valence-electron chi connectivity index (χ2n) is 5.83. The van der Waals surface area contributed by atoms with Crippen LogP contribution in [0.2, 0.25) is 0 Å². The summed E-state index contributed by atoms with van der Waals surface area (Å²) >= 11 is 1.26. The summed E-state index contributed by atoms with van der Waals surface area (Å²) in [6.07, 6.45) is 1.95. The molecule has 0 amide bonds. The molecule has 0 spiro atoms. The first-order chi connectivity index (χ1) is 8.34. The van der Waals surface area contributed by atoms with Gasteiger partial charge in [-0.3, -0.25) is 0 Å². The third kappa shape index (κ3) is 2.57. The van der Waals surface area contributed by atoms with Crippen molar-refractivity contribution in [2.45, 2.75) is 45.6 Å². The fourth-order valence-electron chi connectivity index (χ4n) is 2.07. The number of rotatable bonds is 4. The van der Waals surface area contributed by atoms with Crippen LogP contribution in [0.4, 0.5) is 0 Å². The first-order valence-corrected chi connectivity index (χ1v) is 6.93. The Balaban J connectivity index is 2.39. The number of carboxylic acid groups (broad SMARTS) is 1. The van der Waals surface area contributed by atoms with Crippen molar-refractivity contribution >= 4 is 17.3 Å². The molecule has 1 aromatic heterocycles. The van der Waals surface area contributed by atoms with Crippen molar-refractivity contribution in [3.05, 3.63) is 15.6 Å². The number of hydrogen-bond acceptors (Lipinski definition) is 4. The summed E-state index contributed by atoms with van der Waals surface area (Å²) in [5, 5.41) is 10.0. The molecule has 1 atom stereocenters. The van der Waals surface area contributed by atoms with Crippen molar-refractivity contribution in [2.75, 3.05) is 7.11 Å². The Morgan fingerprint density at radius 1 is 1.50 bits per heavy atom. The highest BCUT2D eigenvalue weighted by Crippen LogP contribution is 2.45. The lowest BCUT2D eigenvalue weighted by molar-refractivity contribution is 0.0149. The number of aromatic nitrogens is 1. The first kappa shape index (κ1) is 13.5. The van der Waals surface area contributed by atoms with Crippen LogP contribution >= 0.6 is 11.3 Å². The normalized spacial score (nSPS) is 17.8. The third-order valence-electron chi connectivity index (χ3n) is 3.07. The van der Waals surface area contributed by atoms with Crippen molar-refractivity contribution in [3.8, 4) is 0 Å². The van der Waals surface area contributed by atoms with Gasteiger partial charge in [0.2, 0.25) is 0 Å². The Labute approximate surface area is 111 Å². The molecule has 0 radical (unpaired) electrons. The summed E-state index contributed by atoms with van der Waals surface area (Å²) < 4.78 is 5.50. The van der Waals surface area contributed by atoms with E-state index in [9.17, 15) is 9.90 Å². The molecular weight excluding hydrogens is 250 g/mol. The number of aromatic carboxylic acids is 1. The van der Waals surface area contributed by atoms with Crippen molar-refractivity contribution in [1.29, 1.82) is 0 Å². The minimum Gasteiger partial charge on any atom is -0.477 e. The van der Waals surface area contributed by atoms with Crippen LogP contribution in [0.5, 0.6) is 0 Å². The zero-order valence-electron chi connectivity index (χ0n) is 11.2. The standard InChI is InChI=1S/C13H19NO3S/c1-13(2,3)10(17-4)11-14-8(7-5-6-7)9(18-11)12(15)16/h7,10H,5-6H2,1-4H3,(H,15,16). The van der Waals surface area contributed by atoms with Crippen LogP contribution in [0.1, 0.15) is 66.0 Å². The van der Waals surface area contributed by atoms with Gasteiger partial charge in [-0.25, -0.2) is 9.78 Å². The third-order valence-corrected chi connectivity index (χ3v) is 4.18. The summed E-state index contributed by atoms with van der Waals surface area (Å²) in [7, 11) is 1.65. The van der Waals surface area contributed by atoms with E-state index in [-0.39, 0.29) is 11.5 Å². The molecule has 1 unspecified atom stereocenters. The van der Waals surface area contributed by atoms with Gasteiger partial charge in [0.25, 0.3) is 0 Å². The lowest BCUT2D eigenvalue weighted by atomic mass is 9.89. The smallest absolute Gasteiger partial charge is 0.347 e. The van der Waals surface area contributed by atoms with Crippen molar-refractivity contribution in [3.63, 3.8) is 0 Å². The maximum Gasteiger partial charge on any atom is 0.347 e. The van der Waals surface area contributed by atoms with E-state index in [1.165, 1.54) is 11.3 Å². The zero-order chi connectivity index (χ0) is 13.5. The molecule has 1 fully saturated rings. The summed E-state index contributed by atoms with van der Waals surface area (Å²) in [5.41, 5.74) is 0.664. The second-order valence-corrected chi connectivity index (χ2v) is 6.86. The average molecular weight is 269 g/mol. The van der Waals surface area contributed by atoms with Gasteiger partial charge < -0.3 is 9.84 Å². The predicted molar refractivity (Wildman–Crippen MR) is 70.3 cm³/mol. The van der Waals surface area contributed by atoms with Gasteiger partial charge in [-0.2, -0.15) is 0 Å². The molecule has 4 nitrogen and oxygen atoms in total. The number of methoxy groups -OCH3 is 1. The quantitative estimate of drug-likeness (QED) is 0.909. The Kier molecular flexibility index (Phi) is 3.47. The minimum atomic E-state index is -0.871. The molecule has 1 aromatic rings. The van der Waals surface area contributed by atoms with E-state index in [1.807, 2.05) is 0 Å². The Morgan fingerprint density at radius 2 is 2.11 bits per heavy atom. The molecule has 18 heavy (non-hydrogen) atoms. The SMILES string of the molecule is COC(c1nc(C2CC2)c(C(=O)O)s1)C(C)(C)C. The van der Waals surface area contributed by atoms with E-state index in [1.54, 1.807) is 7.11 Å². The Morgan fingerprint density at radius 3 is 2.50 bits per heavy atom. The average Bonchev–Trinajstić information content (AvgIpc) is 2.98. The summed E-state index contributed by atoms with van der Waals surface area (Å²) in [6.45, 7) is 6.21. The Bertz CT molecular complexity index is 457. The lowest BCUT2D eigenvalue weighted by Gasteiger charge is -2.27. The number of nitrogens with zero attached hydrogens (tertiary/aromatic N) is 1. The number of thiazole rings is 1. The molecule has 0 saturated heterocycles. The molecule has 1 aliphatic carbocycles. The van der Waals surface area contributed by atoms with E-state index < -0.39 is 5.97 Å². The monoisotopic (exact) mass is 269 g/mol. The fourth-order valence-corrected chi connectivity index (χ4v) is 3.39. The highest BCUT2D eigenvalue weighted by molar-refractivity contribution is 7.13. The van der Waals surface area contributed by atoms with E-state index in [0.717, 1.165) is 23.5 Å². The van der Waals surface area contributed by atoms with Gasteiger partial charge in [0.15, 0.2) is 0 Å². The molecule has 0 bridgehead atoms. The van der Waals surface area contributed by atoms with Gasteiger partial charge in [-0.05, 0) is 18.3 Å². The van der Waals surface area contributed by atoms with Crippen molar-refractivity contribution in [2.24, 2.45) is 5.41 Å². The minimum absolute atomic E-state index is 0.0940. The van der Waals surface area contributed by atoms with Crippen LogP contribution in [0, 0.1) is 5.41 Å². The molecule has 1 aliphatic rings. The van der Waals surface area contributed by atoms with Gasteiger partial charge in [-0.15, -0.1) is 11.3 Å². The topological polar surface area (TPSA) is 59.4 Å². The van der Waals surface area contributed by atoms with Gasteiger partial charge in [0.1, 0.15) is 16.0 Å². The molecule has 100 valence electrons. The lowest BCUT2D eigenvalue weighted by Crippen LogP contribution is -2.19. The molecule has 5 heteroatoms. The molecule has 1 N–H and O–H groups in total. The molecule has 1 heterocycles. The van der Waals surface area contributed by atoms with Crippen LogP contribution in [0.15, 0.2) is 0 Å². The number of carbonyl (C=O) groups is 1. The molecular formula is C13H19NO3S. The van der Waals surface area contributed by atoms with Gasteiger partial charge >= 0.3 is 5.97 Å². The van der Waals surface area contributed by atoms with E-state index in [2.05, 4.69) is 25.8 Å². The molecule has 1 saturated carbocycles. The highest BCUT2D eigenvalue weighted by atomic mass is 32.1. The predicted octanol–water partition coefficient (Wildman–Crippen LogP) is 3.45. The first-order valence-electron chi connectivity index (χ1n) is 6.11.